The van der Waals surface area contributed by atoms with Gasteiger partial charge in [-0.1, -0.05) is 410 Å². The molecule has 0 aliphatic carbocycles. The second kappa shape index (κ2) is 55.9. The normalized spacial score (nSPS) is 11.8. The van der Waals surface area contributed by atoms with Gasteiger partial charge < -0.3 is 0 Å². The Kier molecular flexibility index (Phi) is 51.9. The first-order chi connectivity index (χ1) is 35.9. The molecule has 0 fully saturated rings. The molecule has 0 bridgehead atoms. The van der Waals surface area contributed by atoms with Gasteiger partial charge in [0.1, 0.15) is 0 Å². The van der Waals surface area contributed by atoms with E-state index in [4.69, 9.17) is 0 Å². The average Bonchev–Trinajstić information content (AvgIpc) is 3.40. The lowest BCUT2D eigenvalue weighted by Crippen LogP contribution is -1.97. The van der Waals surface area contributed by atoms with Crippen LogP contribution in [0.4, 0.5) is 0 Å². The maximum absolute atomic E-state index is 2.49. The van der Waals surface area contributed by atoms with Crippen LogP contribution in [0.15, 0.2) is 36.4 Å². The van der Waals surface area contributed by atoms with Crippen LogP contribution in [0.2, 0.25) is 0 Å². The van der Waals surface area contributed by atoms with Gasteiger partial charge in [-0.05, 0) is 47.6 Å². The van der Waals surface area contributed by atoms with E-state index in [0.29, 0.717) is 0 Å². The summed E-state index contributed by atoms with van der Waals surface area (Å²) >= 11 is 0. The minimum Gasteiger partial charge on any atom is -0.0654 e. The summed E-state index contributed by atoms with van der Waals surface area (Å²) in [7, 11) is 0. The van der Waals surface area contributed by atoms with Gasteiger partial charge in [0.2, 0.25) is 0 Å². The molecule has 0 aliphatic heterocycles. The highest BCUT2D eigenvalue weighted by molar-refractivity contribution is 5.86. The van der Waals surface area contributed by atoms with E-state index in [0.717, 1.165) is 0 Å². The van der Waals surface area contributed by atoms with Crippen molar-refractivity contribution < 1.29 is 0 Å². The van der Waals surface area contributed by atoms with Gasteiger partial charge in [0.25, 0.3) is 0 Å². The van der Waals surface area contributed by atoms with Crippen LogP contribution in [0, 0.1) is 0 Å². The highest BCUT2D eigenvalue weighted by Gasteiger charge is 2.09. The summed E-state index contributed by atoms with van der Waals surface area (Å²) in [4.78, 5) is 0. The minimum atomic E-state index is 1.27. The van der Waals surface area contributed by atoms with Crippen molar-refractivity contribution in [3.05, 3.63) is 47.5 Å². The van der Waals surface area contributed by atoms with E-state index < -0.39 is 0 Å². The molecule has 0 amide bonds. The number of rotatable bonds is 60. The molecule has 0 saturated heterocycles. The molecule has 0 aromatic heterocycles. The molecule has 0 spiro atoms. The third-order valence-corrected chi connectivity index (χ3v) is 17.2. The van der Waals surface area contributed by atoms with Crippen molar-refractivity contribution in [1.82, 2.24) is 0 Å². The van der Waals surface area contributed by atoms with E-state index in [-0.39, 0.29) is 0 Å². The van der Waals surface area contributed by atoms with Gasteiger partial charge in [0.15, 0.2) is 0 Å². The fraction of sp³-hybridized carbons (Fsp3) is 0.861. The van der Waals surface area contributed by atoms with Gasteiger partial charge in [-0.25, -0.2) is 0 Å². The molecule has 0 heterocycles. The Morgan fingerprint density at radius 1 is 0.194 bits per heavy atom. The molecule has 0 N–H and O–H groups in total. The van der Waals surface area contributed by atoms with Gasteiger partial charge in [-0.3, -0.25) is 0 Å². The molecule has 0 saturated carbocycles. The zero-order valence-electron chi connectivity index (χ0n) is 49.9. The van der Waals surface area contributed by atoms with Crippen molar-refractivity contribution in [3.63, 3.8) is 0 Å². The zero-order valence-corrected chi connectivity index (χ0v) is 49.9. The first kappa shape index (κ1) is 66.8. The molecule has 72 heavy (non-hydrogen) atoms. The third kappa shape index (κ3) is 43.9. The fourth-order valence-electron chi connectivity index (χ4n) is 12.2. The summed E-state index contributed by atoms with van der Waals surface area (Å²) in [6, 6.07) is 14.1. The molecule has 2 rings (SSSR count). The van der Waals surface area contributed by atoms with E-state index in [1.165, 1.54) is 396 Å². The average molecular weight is 998 g/mol. The molecule has 0 nitrogen and oxygen atoms in total. The van der Waals surface area contributed by atoms with Crippen LogP contribution in [0.25, 0.3) is 10.8 Å². The first-order valence-corrected chi connectivity index (χ1v) is 34.4. The lowest BCUT2D eigenvalue weighted by Gasteiger charge is -2.14. The van der Waals surface area contributed by atoms with Crippen LogP contribution in [-0.4, -0.2) is 0 Å². The largest absolute Gasteiger partial charge is 0.0654 e. The second-order valence-electron chi connectivity index (χ2n) is 24.2. The predicted molar refractivity (Wildman–Crippen MR) is 330 cm³/mol. The molecule has 2 aromatic carbocycles. The van der Waals surface area contributed by atoms with E-state index in [9.17, 15) is 0 Å². The summed E-state index contributed by atoms with van der Waals surface area (Å²) in [6.07, 6.45) is 87.6. The summed E-state index contributed by atoms with van der Waals surface area (Å²) < 4.78 is 0. The maximum Gasteiger partial charge on any atom is -0.0149 e. The molecule has 2 aromatic rings. The molecule has 420 valence electrons. The van der Waals surface area contributed by atoms with Crippen molar-refractivity contribution in [2.24, 2.45) is 0 Å². The molecule has 0 atom stereocenters. The Morgan fingerprint density at radius 2 is 0.403 bits per heavy atom. The fourth-order valence-corrected chi connectivity index (χ4v) is 12.2. The predicted octanol–water partition coefficient (Wildman–Crippen LogP) is 26.6. The summed E-state index contributed by atoms with van der Waals surface area (Å²) in [5.41, 5.74) is 3.33. The standard InChI is InChI=1S/C72H132/c1-3-5-7-9-11-13-15-17-19-21-23-25-27-29-31-33-35-37-39-41-43-45-47-49-51-53-55-57-59-63-69-67-68-70-64-61-62-66-72(70)71(69)65-60-58-56-54-52-50-48-46-44-42-40-38-36-34-32-30-28-26-24-22-20-18-16-14-12-10-8-6-4-2/h61-62,64,66-68H,3-60,63,65H2,1-2H3. The lowest BCUT2D eigenvalue weighted by atomic mass is 9.91. The second-order valence-corrected chi connectivity index (χ2v) is 24.2. The SMILES string of the molecule is CCCCCCCCCCCCCCCCCCCCCCCCCCCCCCCc1ccc2ccccc2c1CCCCCCCCCCCCCCCCCCCCCCCCCCCCCCC. The molecular weight excluding hydrogens is 865 g/mol. The van der Waals surface area contributed by atoms with Crippen LogP contribution in [-0.2, 0) is 12.8 Å². The number of benzene rings is 2. The third-order valence-electron chi connectivity index (χ3n) is 17.2. The topological polar surface area (TPSA) is 0 Å². The Balaban J connectivity index is 1.32. The van der Waals surface area contributed by atoms with Crippen LogP contribution in [0.5, 0.6) is 0 Å². The van der Waals surface area contributed by atoms with Crippen LogP contribution >= 0.6 is 0 Å². The Morgan fingerprint density at radius 3 is 0.653 bits per heavy atom. The van der Waals surface area contributed by atoms with E-state index >= 15 is 0 Å². The number of fused-ring (bicyclic) bond motifs is 1. The molecule has 0 radical (unpaired) electrons. The summed E-state index contributed by atoms with van der Waals surface area (Å²) in [5.74, 6) is 0. The summed E-state index contributed by atoms with van der Waals surface area (Å²) in [5, 5.41) is 2.97. The number of hydrogen-bond acceptors (Lipinski definition) is 0. The monoisotopic (exact) mass is 997 g/mol. The summed E-state index contributed by atoms with van der Waals surface area (Å²) in [6.45, 7) is 4.63. The van der Waals surface area contributed by atoms with E-state index in [2.05, 4.69) is 50.2 Å². The van der Waals surface area contributed by atoms with Crippen LogP contribution in [0.1, 0.15) is 397 Å². The van der Waals surface area contributed by atoms with Gasteiger partial charge in [-0.15, -0.1) is 0 Å². The Hall–Kier alpha value is -1.30. The highest BCUT2D eigenvalue weighted by atomic mass is 14.1. The van der Waals surface area contributed by atoms with Gasteiger partial charge in [0.05, 0.1) is 0 Å². The molecular formula is C72H132. The van der Waals surface area contributed by atoms with Crippen molar-refractivity contribution in [2.45, 2.75) is 399 Å². The molecule has 0 heteroatoms. The van der Waals surface area contributed by atoms with Crippen molar-refractivity contribution >= 4 is 10.8 Å². The van der Waals surface area contributed by atoms with Crippen molar-refractivity contribution in [3.8, 4) is 0 Å². The molecule has 0 aliphatic rings. The quantitative estimate of drug-likeness (QED) is 0.0580. The van der Waals surface area contributed by atoms with Crippen molar-refractivity contribution in [2.75, 3.05) is 0 Å². The van der Waals surface area contributed by atoms with Gasteiger partial charge in [0, 0.05) is 0 Å². The number of aryl methyl sites for hydroxylation is 2. The minimum absolute atomic E-state index is 1.27. The van der Waals surface area contributed by atoms with Crippen LogP contribution in [0.3, 0.4) is 0 Å². The van der Waals surface area contributed by atoms with Crippen molar-refractivity contribution in [1.29, 1.82) is 0 Å². The van der Waals surface area contributed by atoms with E-state index in [1.54, 1.807) is 11.1 Å². The Labute approximate surface area is 455 Å². The lowest BCUT2D eigenvalue weighted by molar-refractivity contribution is 0.513. The number of hydrogen-bond donors (Lipinski definition) is 0. The number of unbranched alkanes of at least 4 members (excludes halogenated alkanes) is 56. The van der Waals surface area contributed by atoms with Gasteiger partial charge in [-0.2, -0.15) is 0 Å². The molecule has 0 unspecified atom stereocenters. The smallest absolute Gasteiger partial charge is 0.0149 e. The Bertz CT molecular complexity index is 1320. The first-order valence-electron chi connectivity index (χ1n) is 34.4. The zero-order chi connectivity index (χ0) is 51.0. The maximum atomic E-state index is 2.49. The van der Waals surface area contributed by atoms with Crippen LogP contribution < -0.4 is 0 Å². The highest BCUT2D eigenvalue weighted by Crippen LogP contribution is 2.27. The van der Waals surface area contributed by atoms with Gasteiger partial charge >= 0.3 is 0 Å². The van der Waals surface area contributed by atoms with E-state index in [1.807, 2.05) is 0 Å².